The molecule has 0 unspecified atom stereocenters. The van der Waals surface area contributed by atoms with Crippen LogP contribution in [0.3, 0.4) is 0 Å². The SMILES string of the molecule is CCCOC(=O)/C(N)=C/c1ccc(C)cc1. The minimum atomic E-state index is -0.456. The molecule has 86 valence electrons. The van der Waals surface area contributed by atoms with E-state index < -0.39 is 5.97 Å². The van der Waals surface area contributed by atoms with Gasteiger partial charge in [0.05, 0.1) is 6.61 Å². The Bertz CT molecular complexity index is 379. The fourth-order valence-corrected chi connectivity index (χ4v) is 1.18. The summed E-state index contributed by atoms with van der Waals surface area (Å²) in [4.78, 5) is 11.4. The van der Waals surface area contributed by atoms with Crippen LogP contribution in [0.5, 0.6) is 0 Å². The van der Waals surface area contributed by atoms with E-state index in [1.54, 1.807) is 6.08 Å². The third-order valence-corrected chi connectivity index (χ3v) is 2.07. The highest BCUT2D eigenvalue weighted by molar-refractivity contribution is 5.92. The summed E-state index contributed by atoms with van der Waals surface area (Å²) in [5.74, 6) is -0.456. The lowest BCUT2D eigenvalue weighted by molar-refractivity contribution is -0.139. The summed E-state index contributed by atoms with van der Waals surface area (Å²) >= 11 is 0. The van der Waals surface area contributed by atoms with Crippen molar-refractivity contribution in [2.45, 2.75) is 20.3 Å². The van der Waals surface area contributed by atoms with Gasteiger partial charge in [-0.15, -0.1) is 0 Å². The molecule has 1 aromatic rings. The van der Waals surface area contributed by atoms with Crippen molar-refractivity contribution in [1.29, 1.82) is 0 Å². The third kappa shape index (κ3) is 3.77. The predicted molar refractivity (Wildman–Crippen MR) is 64.6 cm³/mol. The Hall–Kier alpha value is -1.77. The number of aryl methyl sites for hydroxylation is 1. The number of ether oxygens (including phenoxy) is 1. The number of benzene rings is 1. The number of nitrogens with two attached hydrogens (primary N) is 1. The van der Waals surface area contributed by atoms with Crippen molar-refractivity contribution in [2.24, 2.45) is 5.73 Å². The van der Waals surface area contributed by atoms with Crippen LogP contribution in [0, 0.1) is 6.92 Å². The minimum Gasteiger partial charge on any atom is -0.461 e. The molecule has 0 radical (unpaired) electrons. The molecule has 0 aromatic heterocycles. The highest BCUT2D eigenvalue weighted by Crippen LogP contribution is 2.07. The van der Waals surface area contributed by atoms with Gasteiger partial charge in [0.15, 0.2) is 0 Å². The molecule has 1 rings (SSSR count). The lowest BCUT2D eigenvalue weighted by Crippen LogP contribution is -2.14. The number of hydrogen-bond donors (Lipinski definition) is 1. The fraction of sp³-hybridized carbons (Fsp3) is 0.308. The Balaban J connectivity index is 2.68. The van der Waals surface area contributed by atoms with E-state index in [2.05, 4.69) is 0 Å². The molecule has 0 amide bonds. The molecule has 2 N–H and O–H groups in total. The van der Waals surface area contributed by atoms with Gasteiger partial charge in [-0.25, -0.2) is 4.79 Å². The van der Waals surface area contributed by atoms with Gasteiger partial charge in [-0.2, -0.15) is 0 Å². The number of esters is 1. The first-order chi connectivity index (χ1) is 7.63. The molecule has 0 aliphatic heterocycles. The number of carbonyl (C=O) groups excluding carboxylic acids is 1. The quantitative estimate of drug-likeness (QED) is 0.624. The Labute approximate surface area is 95.9 Å². The maximum Gasteiger partial charge on any atom is 0.354 e. The molecule has 0 saturated carbocycles. The van der Waals surface area contributed by atoms with E-state index in [-0.39, 0.29) is 5.70 Å². The second-order valence-electron chi connectivity index (χ2n) is 3.65. The Morgan fingerprint density at radius 3 is 2.56 bits per heavy atom. The summed E-state index contributed by atoms with van der Waals surface area (Å²) in [5.41, 5.74) is 7.82. The van der Waals surface area contributed by atoms with Crippen LogP contribution in [0.25, 0.3) is 6.08 Å². The topological polar surface area (TPSA) is 52.3 Å². The number of hydrogen-bond acceptors (Lipinski definition) is 3. The van der Waals surface area contributed by atoms with E-state index in [1.165, 1.54) is 5.56 Å². The third-order valence-electron chi connectivity index (χ3n) is 2.07. The standard InChI is InChI=1S/C13H17NO2/c1-3-8-16-13(15)12(14)9-11-6-4-10(2)5-7-11/h4-7,9H,3,8,14H2,1-2H3/b12-9-. The molecule has 3 heteroatoms. The fourth-order valence-electron chi connectivity index (χ4n) is 1.18. The Morgan fingerprint density at radius 1 is 1.38 bits per heavy atom. The molecule has 0 fully saturated rings. The molecule has 0 aliphatic carbocycles. The van der Waals surface area contributed by atoms with Gasteiger partial charge >= 0.3 is 5.97 Å². The van der Waals surface area contributed by atoms with Crippen LogP contribution in [-0.2, 0) is 9.53 Å². The molecule has 0 saturated heterocycles. The first kappa shape index (κ1) is 12.3. The van der Waals surface area contributed by atoms with Crippen molar-refractivity contribution in [2.75, 3.05) is 6.61 Å². The van der Waals surface area contributed by atoms with E-state index in [0.29, 0.717) is 6.61 Å². The first-order valence-electron chi connectivity index (χ1n) is 5.34. The molecule has 0 atom stereocenters. The zero-order valence-electron chi connectivity index (χ0n) is 9.69. The van der Waals surface area contributed by atoms with Crippen LogP contribution >= 0.6 is 0 Å². The van der Waals surface area contributed by atoms with Crippen LogP contribution in [0.1, 0.15) is 24.5 Å². The summed E-state index contributed by atoms with van der Waals surface area (Å²) in [6, 6.07) is 7.76. The van der Waals surface area contributed by atoms with Gasteiger partial charge in [0.2, 0.25) is 0 Å². The van der Waals surface area contributed by atoms with E-state index in [0.717, 1.165) is 12.0 Å². The smallest absolute Gasteiger partial charge is 0.354 e. The predicted octanol–water partition coefficient (Wildman–Crippen LogP) is 2.25. The minimum absolute atomic E-state index is 0.136. The van der Waals surface area contributed by atoms with E-state index in [4.69, 9.17) is 10.5 Å². The van der Waals surface area contributed by atoms with Gasteiger partial charge in [-0.3, -0.25) is 0 Å². The number of carbonyl (C=O) groups is 1. The van der Waals surface area contributed by atoms with Crippen LogP contribution < -0.4 is 5.73 Å². The largest absolute Gasteiger partial charge is 0.461 e. The number of rotatable bonds is 4. The van der Waals surface area contributed by atoms with Crippen LogP contribution in [0.15, 0.2) is 30.0 Å². The zero-order chi connectivity index (χ0) is 12.0. The van der Waals surface area contributed by atoms with Gasteiger partial charge in [-0.05, 0) is 25.0 Å². The maximum absolute atomic E-state index is 11.4. The molecule has 16 heavy (non-hydrogen) atoms. The summed E-state index contributed by atoms with van der Waals surface area (Å²) in [6.45, 7) is 4.35. The first-order valence-corrected chi connectivity index (χ1v) is 5.34. The van der Waals surface area contributed by atoms with Crippen molar-refractivity contribution in [3.8, 4) is 0 Å². The van der Waals surface area contributed by atoms with Gasteiger partial charge < -0.3 is 10.5 Å². The van der Waals surface area contributed by atoms with Crippen LogP contribution in [-0.4, -0.2) is 12.6 Å². The Morgan fingerprint density at radius 2 is 2.00 bits per heavy atom. The van der Waals surface area contributed by atoms with E-state index in [1.807, 2.05) is 38.1 Å². The lowest BCUT2D eigenvalue weighted by Gasteiger charge is -2.03. The molecule has 1 aromatic carbocycles. The Kier molecular flexibility index (Phi) is 4.58. The van der Waals surface area contributed by atoms with Crippen LogP contribution in [0.4, 0.5) is 0 Å². The molecule has 0 bridgehead atoms. The van der Waals surface area contributed by atoms with Gasteiger partial charge in [0.1, 0.15) is 5.70 Å². The van der Waals surface area contributed by atoms with Crippen molar-refractivity contribution in [1.82, 2.24) is 0 Å². The molecule has 0 spiro atoms. The monoisotopic (exact) mass is 219 g/mol. The average Bonchev–Trinajstić information content (AvgIpc) is 2.29. The lowest BCUT2D eigenvalue weighted by atomic mass is 10.1. The summed E-state index contributed by atoms with van der Waals surface area (Å²) in [6.07, 6.45) is 2.42. The average molecular weight is 219 g/mol. The van der Waals surface area contributed by atoms with Gasteiger partial charge in [0.25, 0.3) is 0 Å². The summed E-state index contributed by atoms with van der Waals surface area (Å²) < 4.78 is 4.92. The highest BCUT2D eigenvalue weighted by Gasteiger charge is 2.05. The molecule has 3 nitrogen and oxygen atoms in total. The van der Waals surface area contributed by atoms with Gasteiger partial charge in [-0.1, -0.05) is 36.8 Å². The summed E-state index contributed by atoms with van der Waals surface area (Å²) in [5, 5.41) is 0. The second kappa shape index (κ2) is 5.95. The highest BCUT2D eigenvalue weighted by atomic mass is 16.5. The van der Waals surface area contributed by atoms with Crippen molar-refractivity contribution >= 4 is 12.0 Å². The molecular formula is C13H17NO2. The molecule has 0 aliphatic rings. The normalized spacial score (nSPS) is 11.2. The van der Waals surface area contributed by atoms with E-state index >= 15 is 0 Å². The summed E-state index contributed by atoms with van der Waals surface area (Å²) in [7, 11) is 0. The second-order valence-corrected chi connectivity index (χ2v) is 3.65. The molecule has 0 heterocycles. The van der Waals surface area contributed by atoms with Crippen molar-refractivity contribution in [3.05, 3.63) is 41.1 Å². The zero-order valence-corrected chi connectivity index (χ0v) is 9.69. The maximum atomic E-state index is 11.4. The van der Waals surface area contributed by atoms with Crippen molar-refractivity contribution < 1.29 is 9.53 Å². The molecular weight excluding hydrogens is 202 g/mol. The van der Waals surface area contributed by atoms with E-state index in [9.17, 15) is 4.79 Å². The van der Waals surface area contributed by atoms with Crippen molar-refractivity contribution in [3.63, 3.8) is 0 Å². The van der Waals surface area contributed by atoms with Gasteiger partial charge in [0, 0.05) is 0 Å². The van der Waals surface area contributed by atoms with Crippen LogP contribution in [0.2, 0.25) is 0 Å².